The van der Waals surface area contributed by atoms with Crippen LogP contribution in [0.2, 0.25) is 0 Å². The molecule has 1 aromatic carbocycles. The fourth-order valence-electron chi connectivity index (χ4n) is 3.00. The zero-order valence-corrected chi connectivity index (χ0v) is 14.9. The molecule has 0 aliphatic carbocycles. The molecule has 27 heavy (non-hydrogen) atoms. The zero-order chi connectivity index (χ0) is 19.2. The van der Waals surface area contributed by atoms with E-state index in [1.165, 1.54) is 6.42 Å². The average molecular weight is 371 g/mol. The third kappa shape index (κ3) is 4.78. The molecule has 0 atom stereocenters. The first-order valence-electron chi connectivity index (χ1n) is 8.88. The minimum absolute atomic E-state index is 0.224. The first kappa shape index (κ1) is 18.8. The zero-order valence-electron chi connectivity index (χ0n) is 14.9. The number of halogens is 1. The molecule has 1 fully saturated rings. The fraction of sp³-hybridized carbons (Fsp3) is 0.368. The number of nitrogens with zero attached hydrogens (tertiary/aromatic N) is 3. The Morgan fingerprint density at radius 3 is 2.59 bits per heavy atom. The number of aromatic nitrogens is 2. The molecule has 8 heteroatoms. The van der Waals surface area contributed by atoms with E-state index in [4.69, 9.17) is 15.9 Å². The normalized spacial score (nSPS) is 14.0. The first-order valence-corrected chi connectivity index (χ1v) is 8.88. The van der Waals surface area contributed by atoms with Crippen molar-refractivity contribution in [2.24, 2.45) is 5.73 Å². The number of carbonyl (C=O) groups excluding carboxylic acids is 1. The van der Waals surface area contributed by atoms with Crippen LogP contribution in [0.3, 0.4) is 0 Å². The molecule has 0 spiro atoms. The number of nitrogens with one attached hydrogen (secondary N) is 1. The summed E-state index contributed by atoms with van der Waals surface area (Å²) in [7, 11) is 0. The second kappa shape index (κ2) is 8.57. The van der Waals surface area contributed by atoms with Crippen LogP contribution in [-0.2, 0) is 16.1 Å². The number of carbonyl (C=O) groups is 1. The SMILES string of the molecule is N=C(N)CC(=O)OCc1cccc(-c2cnc(N3CCCCC3)nc2)c1F. The summed E-state index contributed by atoms with van der Waals surface area (Å²) in [6, 6.07) is 4.86. The molecule has 0 bridgehead atoms. The number of benzene rings is 1. The van der Waals surface area contributed by atoms with Gasteiger partial charge < -0.3 is 15.4 Å². The Labute approximate surface area is 156 Å². The summed E-state index contributed by atoms with van der Waals surface area (Å²) in [6.07, 6.45) is 6.40. The van der Waals surface area contributed by atoms with E-state index in [1.54, 1.807) is 30.6 Å². The highest BCUT2D eigenvalue weighted by Crippen LogP contribution is 2.25. The standard InChI is InChI=1S/C19H22FN5O2/c20-18-13(12-27-17(26)9-16(21)22)5-4-6-15(18)14-10-23-19(24-11-14)25-7-2-1-3-8-25/h4-6,10-11H,1-3,7-9,12H2,(H3,21,22). The van der Waals surface area contributed by atoms with Crippen molar-refractivity contribution < 1.29 is 13.9 Å². The second-order valence-corrected chi connectivity index (χ2v) is 6.46. The molecule has 1 saturated heterocycles. The van der Waals surface area contributed by atoms with Crippen LogP contribution in [0, 0.1) is 11.2 Å². The van der Waals surface area contributed by atoms with Gasteiger partial charge in [-0.05, 0) is 19.3 Å². The van der Waals surface area contributed by atoms with Gasteiger partial charge in [0.25, 0.3) is 0 Å². The molecule has 0 radical (unpaired) electrons. The van der Waals surface area contributed by atoms with Gasteiger partial charge in [0.2, 0.25) is 5.95 Å². The van der Waals surface area contributed by atoms with Crippen LogP contribution in [-0.4, -0.2) is 34.9 Å². The number of hydrogen-bond donors (Lipinski definition) is 2. The van der Waals surface area contributed by atoms with Gasteiger partial charge in [0.15, 0.2) is 0 Å². The van der Waals surface area contributed by atoms with Gasteiger partial charge in [0.1, 0.15) is 24.7 Å². The highest BCUT2D eigenvalue weighted by atomic mass is 19.1. The van der Waals surface area contributed by atoms with E-state index < -0.39 is 11.8 Å². The number of esters is 1. The second-order valence-electron chi connectivity index (χ2n) is 6.46. The van der Waals surface area contributed by atoms with Crippen molar-refractivity contribution in [2.45, 2.75) is 32.3 Å². The van der Waals surface area contributed by atoms with Crippen LogP contribution in [0.4, 0.5) is 10.3 Å². The average Bonchev–Trinajstić information content (AvgIpc) is 2.67. The van der Waals surface area contributed by atoms with Crippen LogP contribution in [0.5, 0.6) is 0 Å². The van der Waals surface area contributed by atoms with E-state index in [2.05, 4.69) is 14.9 Å². The monoisotopic (exact) mass is 371 g/mol. The van der Waals surface area contributed by atoms with Gasteiger partial charge in [-0.15, -0.1) is 0 Å². The van der Waals surface area contributed by atoms with Crippen LogP contribution in [0.25, 0.3) is 11.1 Å². The number of ether oxygens (including phenoxy) is 1. The molecule has 7 nitrogen and oxygen atoms in total. The number of nitrogens with two attached hydrogens (primary N) is 1. The summed E-state index contributed by atoms with van der Waals surface area (Å²) in [6.45, 7) is 1.65. The maximum atomic E-state index is 14.8. The molecule has 142 valence electrons. The van der Waals surface area contributed by atoms with E-state index in [9.17, 15) is 9.18 Å². The topological polar surface area (TPSA) is 105 Å². The van der Waals surface area contributed by atoms with E-state index in [0.29, 0.717) is 17.1 Å². The van der Waals surface area contributed by atoms with Crippen LogP contribution in [0.1, 0.15) is 31.2 Å². The summed E-state index contributed by atoms with van der Waals surface area (Å²) < 4.78 is 19.8. The van der Waals surface area contributed by atoms with E-state index in [1.807, 2.05) is 0 Å². The van der Waals surface area contributed by atoms with Crippen LogP contribution in [0.15, 0.2) is 30.6 Å². The highest BCUT2D eigenvalue weighted by molar-refractivity contribution is 5.94. The summed E-state index contributed by atoms with van der Waals surface area (Å²) in [5.41, 5.74) is 6.30. The molecule has 1 aromatic heterocycles. The lowest BCUT2D eigenvalue weighted by molar-refractivity contribution is -0.143. The van der Waals surface area contributed by atoms with Gasteiger partial charge >= 0.3 is 5.97 Å². The van der Waals surface area contributed by atoms with Crippen LogP contribution >= 0.6 is 0 Å². The maximum Gasteiger partial charge on any atom is 0.313 e. The van der Waals surface area contributed by atoms with Gasteiger partial charge in [-0.1, -0.05) is 18.2 Å². The third-order valence-electron chi connectivity index (χ3n) is 4.39. The summed E-state index contributed by atoms with van der Waals surface area (Å²) in [4.78, 5) is 22.4. The number of rotatable bonds is 6. The Kier molecular flexibility index (Phi) is 5.95. The van der Waals surface area contributed by atoms with Gasteiger partial charge in [-0.2, -0.15) is 0 Å². The van der Waals surface area contributed by atoms with Crippen LogP contribution < -0.4 is 10.6 Å². The molecule has 1 aliphatic heterocycles. The summed E-state index contributed by atoms with van der Waals surface area (Å²) in [5, 5.41) is 7.07. The predicted octanol–water partition coefficient (Wildman–Crippen LogP) is 2.64. The molecule has 0 unspecified atom stereocenters. The maximum absolute atomic E-state index is 14.8. The molecule has 0 amide bonds. The van der Waals surface area contributed by atoms with E-state index in [-0.39, 0.29) is 24.4 Å². The Balaban J connectivity index is 1.73. The minimum Gasteiger partial charge on any atom is -0.460 e. The minimum atomic E-state index is -0.665. The quantitative estimate of drug-likeness (QED) is 0.459. The largest absolute Gasteiger partial charge is 0.460 e. The molecular weight excluding hydrogens is 349 g/mol. The van der Waals surface area contributed by atoms with Gasteiger partial charge in [0, 0.05) is 42.2 Å². The fourth-order valence-corrected chi connectivity index (χ4v) is 3.00. The Morgan fingerprint density at radius 2 is 1.93 bits per heavy atom. The molecule has 2 heterocycles. The number of amidine groups is 1. The molecular formula is C19H22FN5O2. The lowest BCUT2D eigenvalue weighted by atomic mass is 10.1. The van der Waals surface area contributed by atoms with Crippen molar-refractivity contribution in [3.8, 4) is 11.1 Å². The highest BCUT2D eigenvalue weighted by Gasteiger charge is 2.16. The molecule has 3 rings (SSSR count). The predicted molar refractivity (Wildman–Crippen MR) is 99.8 cm³/mol. The third-order valence-corrected chi connectivity index (χ3v) is 4.39. The van der Waals surface area contributed by atoms with Gasteiger partial charge in [-0.3, -0.25) is 10.2 Å². The smallest absolute Gasteiger partial charge is 0.313 e. The Bertz CT molecular complexity index is 819. The Hall–Kier alpha value is -3.03. The molecule has 1 aliphatic rings. The van der Waals surface area contributed by atoms with Gasteiger partial charge in [-0.25, -0.2) is 14.4 Å². The van der Waals surface area contributed by atoms with Crippen molar-refractivity contribution in [1.82, 2.24) is 9.97 Å². The van der Waals surface area contributed by atoms with Gasteiger partial charge in [0.05, 0.1) is 0 Å². The van der Waals surface area contributed by atoms with Crippen molar-refractivity contribution in [3.63, 3.8) is 0 Å². The molecule has 0 saturated carbocycles. The van der Waals surface area contributed by atoms with Crippen molar-refractivity contribution in [1.29, 1.82) is 5.41 Å². The summed E-state index contributed by atoms with van der Waals surface area (Å²) in [5.74, 6) is -0.780. The number of piperidine rings is 1. The number of hydrogen-bond acceptors (Lipinski definition) is 6. The molecule has 2 aromatic rings. The lowest BCUT2D eigenvalue weighted by Gasteiger charge is -2.26. The first-order chi connectivity index (χ1) is 13.0. The van der Waals surface area contributed by atoms with Crippen molar-refractivity contribution in [3.05, 3.63) is 42.0 Å². The molecule has 3 N–H and O–H groups in total. The Morgan fingerprint density at radius 1 is 1.22 bits per heavy atom. The number of anilines is 1. The lowest BCUT2D eigenvalue weighted by Crippen LogP contribution is -2.30. The van der Waals surface area contributed by atoms with Crippen molar-refractivity contribution >= 4 is 17.8 Å². The van der Waals surface area contributed by atoms with Crippen molar-refractivity contribution in [2.75, 3.05) is 18.0 Å². The van der Waals surface area contributed by atoms with E-state index in [0.717, 1.165) is 25.9 Å². The van der Waals surface area contributed by atoms with E-state index >= 15 is 0 Å². The summed E-state index contributed by atoms with van der Waals surface area (Å²) >= 11 is 0.